The monoisotopic (exact) mass is 308 g/mol. The minimum Gasteiger partial charge on any atom is -0.338 e. The van der Waals surface area contributed by atoms with Crippen LogP contribution in [0.25, 0.3) is 11.4 Å². The van der Waals surface area contributed by atoms with Crippen molar-refractivity contribution in [3.8, 4) is 11.4 Å². The average molecular weight is 309 g/mol. The van der Waals surface area contributed by atoms with Crippen LogP contribution in [0.15, 0.2) is 27.2 Å². The Kier molecular flexibility index (Phi) is 3.91. The molecule has 0 bridgehead atoms. The smallest absolute Gasteiger partial charge is 0.234 e. The molecule has 5 heteroatoms. The van der Waals surface area contributed by atoms with Gasteiger partial charge in [-0.25, -0.2) is 0 Å². The number of Topliss-reactive ketones (excluding diaryl/α,β-unsaturated/α-hetero) is 1. The van der Waals surface area contributed by atoms with Gasteiger partial charge in [0.25, 0.3) is 0 Å². The zero-order chi connectivity index (χ0) is 13.1. The van der Waals surface area contributed by atoms with E-state index in [-0.39, 0.29) is 12.2 Å². The largest absolute Gasteiger partial charge is 0.338 e. The lowest BCUT2D eigenvalue weighted by atomic mass is 10.1. The van der Waals surface area contributed by atoms with Crippen molar-refractivity contribution in [3.63, 3.8) is 0 Å². The number of aryl methyl sites for hydroxylation is 1. The van der Waals surface area contributed by atoms with Gasteiger partial charge in [-0.2, -0.15) is 4.98 Å². The molecule has 1 aromatic heterocycles. The van der Waals surface area contributed by atoms with E-state index in [1.54, 1.807) is 0 Å². The normalized spacial score (nSPS) is 10.6. The van der Waals surface area contributed by atoms with Gasteiger partial charge >= 0.3 is 0 Å². The molecule has 0 fully saturated rings. The van der Waals surface area contributed by atoms with Crippen molar-refractivity contribution in [1.82, 2.24) is 10.1 Å². The lowest BCUT2D eigenvalue weighted by Gasteiger charge is -1.99. The van der Waals surface area contributed by atoms with Crippen molar-refractivity contribution in [1.29, 1.82) is 0 Å². The van der Waals surface area contributed by atoms with Gasteiger partial charge in [-0.1, -0.05) is 34.1 Å². The highest BCUT2D eigenvalue weighted by Gasteiger charge is 2.13. The topological polar surface area (TPSA) is 56.0 Å². The molecule has 4 nitrogen and oxygen atoms in total. The summed E-state index contributed by atoms with van der Waals surface area (Å²) in [5.41, 5.74) is 2.01. The van der Waals surface area contributed by atoms with Crippen molar-refractivity contribution in [2.45, 2.75) is 26.7 Å². The predicted molar refractivity (Wildman–Crippen MR) is 71.2 cm³/mol. The summed E-state index contributed by atoms with van der Waals surface area (Å²) in [5, 5.41) is 3.90. The second kappa shape index (κ2) is 5.44. The first-order valence-corrected chi connectivity index (χ1v) is 6.50. The Hall–Kier alpha value is -1.49. The van der Waals surface area contributed by atoms with Crippen LogP contribution < -0.4 is 0 Å². The minimum absolute atomic E-state index is 0.0909. The van der Waals surface area contributed by atoms with Crippen molar-refractivity contribution >= 4 is 21.7 Å². The van der Waals surface area contributed by atoms with Crippen molar-refractivity contribution < 1.29 is 9.32 Å². The number of halogens is 1. The first-order valence-electron chi connectivity index (χ1n) is 5.71. The van der Waals surface area contributed by atoms with Gasteiger partial charge in [0.15, 0.2) is 0 Å². The molecule has 1 aromatic carbocycles. The Morgan fingerprint density at radius 3 is 2.89 bits per heavy atom. The molecule has 18 heavy (non-hydrogen) atoms. The fraction of sp³-hybridized carbons (Fsp3) is 0.308. The highest BCUT2D eigenvalue weighted by Crippen LogP contribution is 2.26. The molecule has 0 unspecified atom stereocenters. The molecule has 0 saturated heterocycles. The van der Waals surface area contributed by atoms with Gasteiger partial charge in [-0.05, 0) is 24.6 Å². The van der Waals surface area contributed by atoms with Crippen molar-refractivity contribution in [3.05, 3.63) is 34.1 Å². The fourth-order valence-corrected chi connectivity index (χ4v) is 2.20. The maximum absolute atomic E-state index is 11.3. The summed E-state index contributed by atoms with van der Waals surface area (Å²) in [5.74, 6) is 0.957. The van der Waals surface area contributed by atoms with Crippen molar-refractivity contribution in [2.75, 3.05) is 0 Å². The number of rotatable bonds is 4. The third-order valence-corrected chi connectivity index (χ3v) is 3.23. The molecule has 0 N–H and O–H groups in total. The quantitative estimate of drug-likeness (QED) is 0.869. The Morgan fingerprint density at radius 2 is 2.22 bits per heavy atom. The molecule has 0 amide bonds. The Morgan fingerprint density at radius 1 is 1.44 bits per heavy atom. The third kappa shape index (κ3) is 2.85. The summed E-state index contributed by atoms with van der Waals surface area (Å²) in [4.78, 5) is 15.5. The molecule has 2 rings (SSSR count). The van der Waals surface area contributed by atoms with Crippen LogP contribution in [-0.4, -0.2) is 15.9 Å². The van der Waals surface area contributed by atoms with Gasteiger partial charge in [0, 0.05) is 16.5 Å². The van der Waals surface area contributed by atoms with Gasteiger partial charge in [-0.3, -0.25) is 4.79 Å². The maximum Gasteiger partial charge on any atom is 0.234 e. The Balaban J connectivity index is 2.26. The van der Waals surface area contributed by atoms with E-state index in [0.717, 1.165) is 15.6 Å². The van der Waals surface area contributed by atoms with E-state index in [9.17, 15) is 4.79 Å². The first kappa shape index (κ1) is 13.0. The van der Waals surface area contributed by atoms with E-state index in [2.05, 4.69) is 26.1 Å². The number of nitrogens with zero attached hydrogens (tertiary/aromatic N) is 2. The SMILES string of the molecule is CCC(=O)Cc1nc(-c2ccc(C)cc2Br)no1. The first-order chi connectivity index (χ1) is 8.60. The number of hydrogen-bond donors (Lipinski definition) is 0. The molecule has 2 aromatic rings. The van der Waals surface area contributed by atoms with Crippen LogP contribution >= 0.6 is 15.9 Å². The number of carbonyl (C=O) groups excluding carboxylic acids is 1. The van der Waals surface area contributed by atoms with E-state index >= 15 is 0 Å². The molecule has 0 aliphatic heterocycles. The lowest BCUT2D eigenvalue weighted by molar-refractivity contribution is -0.118. The lowest BCUT2D eigenvalue weighted by Crippen LogP contribution is -2.00. The van der Waals surface area contributed by atoms with Gasteiger partial charge in [-0.15, -0.1) is 0 Å². The predicted octanol–water partition coefficient (Wildman–Crippen LogP) is 3.33. The fourth-order valence-electron chi connectivity index (χ4n) is 1.53. The molecule has 0 aliphatic carbocycles. The third-order valence-electron chi connectivity index (χ3n) is 2.58. The zero-order valence-corrected chi connectivity index (χ0v) is 11.8. The number of ketones is 1. The minimum atomic E-state index is 0.0909. The van der Waals surface area contributed by atoms with Gasteiger partial charge < -0.3 is 4.52 Å². The van der Waals surface area contributed by atoms with Crippen LogP contribution in [0.2, 0.25) is 0 Å². The second-order valence-electron chi connectivity index (χ2n) is 4.06. The molecule has 0 radical (unpaired) electrons. The van der Waals surface area contributed by atoms with E-state index in [4.69, 9.17) is 4.52 Å². The Labute approximate surface area is 114 Å². The van der Waals surface area contributed by atoms with Crippen LogP contribution in [0.5, 0.6) is 0 Å². The van der Waals surface area contributed by atoms with E-state index < -0.39 is 0 Å². The molecule has 0 aliphatic rings. The molecule has 1 heterocycles. The highest BCUT2D eigenvalue weighted by atomic mass is 79.9. The number of hydrogen-bond acceptors (Lipinski definition) is 4. The number of aromatic nitrogens is 2. The summed E-state index contributed by atoms with van der Waals surface area (Å²) >= 11 is 3.47. The molecule has 0 atom stereocenters. The summed E-state index contributed by atoms with van der Waals surface area (Å²) < 4.78 is 5.99. The number of benzene rings is 1. The van der Waals surface area contributed by atoms with E-state index in [0.29, 0.717) is 18.1 Å². The molecule has 0 spiro atoms. The zero-order valence-electron chi connectivity index (χ0n) is 10.2. The standard InChI is InChI=1S/C13H13BrN2O2/c1-3-9(17)7-12-15-13(16-18-12)10-5-4-8(2)6-11(10)14/h4-6H,3,7H2,1-2H3. The summed E-state index contributed by atoms with van der Waals surface area (Å²) in [6.07, 6.45) is 0.679. The van der Waals surface area contributed by atoms with E-state index in [1.807, 2.05) is 32.0 Å². The molecular formula is C13H13BrN2O2. The van der Waals surface area contributed by atoms with Crippen LogP contribution in [0.4, 0.5) is 0 Å². The van der Waals surface area contributed by atoms with Crippen LogP contribution in [0.1, 0.15) is 24.8 Å². The summed E-state index contributed by atoms with van der Waals surface area (Å²) in [6.45, 7) is 3.83. The Bertz CT molecular complexity index is 578. The second-order valence-corrected chi connectivity index (χ2v) is 4.92. The maximum atomic E-state index is 11.3. The van der Waals surface area contributed by atoms with Gasteiger partial charge in [0.2, 0.25) is 11.7 Å². The average Bonchev–Trinajstić information content (AvgIpc) is 2.77. The van der Waals surface area contributed by atoms with E-state index in [1.165, 1.54) is 0 Å². The van der Waals surface area contributed by atoms with Crippen LogP contribution in [0, 0.1) is 6.92 Å². The highest BCUT2D eigenvalue weighted by molar-refractivity contribution is 9.10. The summed E-state index contributed by atoms with van der Waals surface area (Å²) in [7, 11) is 0. The molecule has 94 valence electrons. The molecule has 0 saturated carbocycles. The number of carbonyl (C=O) groups is 1. The molecular weight excluding hydrogens is 296 g/mol. The van der Waals surface area contributed by atoms with Gasteiger partial charge in [0.1, 0.15) is 5.78 Å². The van der Waals surface area contributed by atoms with Gasteiger partial charge in [0.05, 0.1) is 6.42 Å². The van der Waals surface area contributed by atoms with Crippen LogP contribution in [-0.2, 0) is 11.2 Å². The summed E-state index contributed by atoms with van der Waals surface area (Å²) in [6, 6.07) is 5.89. The van der Waals surface area contributed by atoms with Crippen LogP contribution in [0.3, 0.4) is 0 Å². The van der Waals surface area contributed by atoms with Crippen molar-refractivity contribution in [2.24, 2.45) is 0 Å².